The SMILES string of the molecule is Cc1cccc(OCCNC(=O)c2ccnc3ccccc23)c1. The number of carbonyl (C=O) groups excluding carboxylic acids is 1. The van der Waals surface area contributed by atoms with Crippen LogP contribution in [0.25, 0.3) is 10.9 Å². The van der Waals surface area contributed by atoms with Crippen LogP contribution in [-0.4, -0.2) is 24.0 Å². The molecule has 1 N–H and O–H groups in total. The maximum atomic E-state index is 12.3. The summed E-state index contributed by atoms with van der Waals surface area (Å²) in [5, 5.41) is 3.74. The smallest absolute Gasteiger partial charge is 0.252 e. The standard InChI is InChI=1S/C19H18N2O2/c1-14-5-4-6-15(13-14)23-12-11-21-19(22)17-9-10-20-18-8-3-2-7-16(17)18/h2-10,13H,11-12H2,1H3,(H,21,22). The lowest BCUT2D eigenvalue weighted by Gasteiger charge is -2.09. The number of hydrogen-bond acceptors (Lipinski definition) is 3. The number of hydrogen-bond donors (Lipinski definition) is 1. The molecule has 0 saturated carbocycles. The van der Waals surface area contributed by atoms with E-state index in [2.05, 4.69) is 10.3 Å². The molecular formula is C19H18N2O2. The largest absolute Gasteiger partial charge is 0.492 e. The Hall–Kier alpha value is -2.88. The Morgan fingerprint density at radius 3 is 2.87 bits per heavy atom. The van der Waals surface area contributed by atoms with Crippen molar-refractivity contribution in [2.75, 3.05) is 13.2 Å². The molecule has 0 atom stereocenters. The lowest BCUT2D eigenvalue weighted by molar-refractivity contribution is 0.0948. The summed E-state index contributed by atoms with van der Waals surface area (Å²) in [4.78, 5) is 16.6. The second-order valence-corrected chi connectivity index (χ2v) is 5.30. The van der Waals surface area contributed by atoms with E-state index in [4.69, 9.17) is 4.74 Å². The van der Waals surface area contributed by atoms with E-state index in [1.54, 1.807) is 12.3 Å². The molecule has 0 aliphatic rings. The van der Waals surface area contributed by atoms with E-state index in [1.807, 2.05) is 55.5 Å². The topological polar surface area (TPSA) is 51.2 Å². The normalized spacial score (nSPS) is 10.5. The van der Waals surface area contributed by atoms with Crippen LogP contribution < -0.4 is 10.1 Å². The van der Waals surface area contributed by atoms with E-state index >= 15 is 0 Å². The van der Waals surface area contributed by atoms with Gasteiger partial charge in [0.25, 0.3) is 5.91 Å². The highest BCUT2D eigenvalue weighted by molar-refractivity contribution is 6.05. The zero-order valence-corrected chi connectivity index (χ0v) is 13.0. The van der Waals surface area contributed by atoms with E-state index in [9.17, 15) is 4.79 Å². The van der Waals surface area contributed by atoms with Gasteiger partial charge in [-0.15, -0.1) is 0 Å². The van der Waals surface area contributed by atoms with Crippen molar-refractivity contribution in [2.24, 2.45) is 0 Å². The summed E-state index contributed by atoms with van der Waals surface area (Å²) < 4.78 is 5.63. The Kier molecular flexibility index (Phi) is 4.52. The van der Waals surface area contributed by atoms with Crippen molar-refractivity contribution in [1.82, 2.24) is 10.3 Å². The molecule has 0 unspecified atom stereocenters. The first-order valence-corrected chi connectivity index (χ1v) is 7.55. The zero-order chi connectivity index (χ0) is 16.1. The average Bonchev–Trinajstić information content (AvgIpc) is 2.58. The number of benzene rings is 2. The lowest BCUT2D eigenvalue weighted by atomic mass is 10.1. The fraction of sp³-hybridized carbons (Fsp3) is 0.158. The number of nitrogens with one attached hydrogen (secondary N) is 1. The van der Waals surface area contributed by atoms with Crippen LogP contribution in [0.4, 0.5) is 0 Å². The van der Waals surface area contributed by atoms with Gasteiger partial charge in [0, 0.05) is 11.6 Å². The van der Waals surface area contributed by atoms with Crippen LogP contribution in [0.2, 0.25) is 0 Å². The van der Waals surface area contributed by atoms with Gasteiger partial charge in [-0.3, -0.25) is 9.78 Å². The highest BCUT2D eigenvalue weighted by Gasteiger charge is 2.09. The van der Waals surface area contributed by atoms with E-state index in [1.165, 1.54) is 0 Å². The molecule has 4 heteroatoms. The molecule has 116 valence electrons. The van der Waals surface area contributed by atoms with Crippen molar-refractivity contribution < 1.29 is 9.53 Å². The molecule has 0 fully saturated rings. The van der Waals surface area contributed by atoms with Crippen molar-refractivity contribution in [2.45, 2.75) is 6.92 Å². The average molecular weight is 306 g/mol. The Morgan fingerprint density at radius 1 is 1.13 bits per heavy atom. The summed E-state index contributed by atoms with van der Waals surface area (Å²) in [6, 6.07) is 17.2. The highest BCUT2D eigenvalue weighted by atomic mass is 16.5. The fourth-order valence-corrected chi connectivity index (χ4v) is 2.43. The molecule has 4 nitrogen and oxygen atoms in total. The first-order valence-electron chi connectivity index (χ1n) is 7.55. The van der Waals surface area contributed by atoms with Gasteiger partial charge < -0.3 is 10.1 Å². The number of pyridine rings is 1. The molecule has 0 aliphatic heterocycles. The predicted molar refractivity (Wildman–Crippen MR) is 90.8 cm³/mol. The van der Waals surface area contributed by atoms with Crippen LogP contribution in [0.15, 0.2) is 60.8 Å². The third kappa shape index (κ3) is 3.66. The van der Waals surface area contributed by atoms with Crippen molar-refractivity contribution in [1.29, 1.82) is 0 Å². The molecule has 0 bridgehead atoms. The molecule has 1 heterocycles. The minimum absolute atomic E-state index is 0.114. The molecule has 2 aromatic carbocycles. The summed E-state index contributed by atoms with van der Waals surface area (Å²) >= 11 is 0. The number of rotatable bonds is 5. The molecule has 1 amide bonds. The molecule has 0 saturated heterocycles. The summed E-state index contributed by atoms with van der Waals surface area (Å²) in [5.74, 6) is 0.699. The first kappa shape index (κ1) is 15.0. The number of aryl methyl sites for hydroxylation is 1. The Morgan fingerprint density at radius 2 is 2.00 bits per heavy atom. The van der Waals surface area contributed by atoms with Gasteiger partial charge in [-0.25, -0.2) is 0 Å². The van der Waals surface area contributed by atoms with Crippen LogP contribution in [0.5, 0.6) is 5.75 Å². The van der Waals surface area contributed by atoms with E-state index < -0.39 is 0 Å². The van der Waals surface area contributed by atoms with Gasteiger partial charge in [0.1, 0.15) is 12.4 Å². The Balaban J connectivity index is 1.59. The summed E-state index contributed by atoms with van der Waals surface area (Å²) in [5.41, 5.74) is 2.59. The second kappa shape index (κ2) is 6.92. The number of amides is 1. The van der Waals surface area contributed by atoms with Gasteiger partial charge in [0.15, 0.2) is 0 Å². The van der Waals surface area contributed by atoms with Gasteiger partial charge in [-0.2, -0.15) is 0 Å². The van der Waals surface area contributed by atoms with E-state index in [0.717, 1.165) is 22.2 Å². The molecule has 3 rings (SSSR count). The van der Waals surface area contributed by atoms with Crippen LogP contribution in [0.3, 0.4) is 0 Å². The third-order valence-electron chi connectivity index (χ3n) is 3.54. The van der Waals surface area contributed by atoms with Crippen LogP contribution in [0.1, 0.15) is 15.9 Å². The molecule has 0 radical (unpaired) electrons. The maximum absolute atomic E-state index is 12.3. The molecule has 23 heavy (non-hydrogen) atoms. The molecule has 0 spiro atoms. The maximum Gasteiger partial charge on any atom is 0.252 e. The van der Waals surface area contributed by atoms with Gasteiger partial charge in [0.05, 0.1) is 17.6 Å². The quantitative estimate of drug-likeness (QED) is 0.735. The first-order chi connectivity index (χ1) is 11.2. The number of carbonyl (C=O) groups is 1. The Bertz CT molecular complexity index is 825. The molecule has 3 aromatic rings. The monoisotopic (exact) mass is 306 g/mol. The van der Waals surface area contributed by atoms with Gasteiger partial charge >= 0.3 is 0 Å². The number of nitrogens with zero attached hydrogens (tertiary/aromatic N) is 1. The number of ether oxygens (including phenoxy) is 1. The molecular weight excluding hydrogens is 288 g/mol. The number of aromatic nitrogens is 1. The van der Waals surface area contributed by atoms with Gasteiger partial charge in [0.2, 0.25) is 0 Å². The van der Waals surface area contributed by atoms with Crippen LogP contribution >= 0.6 is 0 Å². The molecule has 0 aliphatic carbocycles. The minimum Gasteiger partial charge on any atom is -0.492 e. The van der Waals surface area contributed by atoms with E-state index in [0.29, 0.717) is 18.7 Å². The number of fused-ring (bicyclic) bond motifs is 1. The fourth-order valence-electron chi connectivity index (χ4n) is 2.43. The third-order valence-corrected chi connectivity index (χ3v) is 3.54. The second-order valence-electron chi connectivity index (χ2n) is 5.30. The zero-order valence-electron chi connectivity index (χ0n) is 13.0. The predicted octanol–water partition coefficient (Wildman–Crippen LogP) is 3.35. The van der Waals surface area contributed by atoms with Crippen LogP contribution in [0, 0.1) is 6.92 Å². The minimum atomic E-state index is -0.114. The van der Waals surface area contributed by atoms with Crippen molar-refractivity contribution >= 4 is 16.8 Å². The lowest BCUT2D eigenvalue weighted by Crippen LogP contribution is -2.28. The van der Waals surface area contributed by atoms with Crippen molar-refractivity contribution in [3.05, 3.63) is 71.9 Å². The summed E-state index contributed by atoms with van der Waals surface area (Å²) in [7, 11) is 0. The van der Waals surface area contributed by atoms with Gasteiger partial charge in [-0.05, 0) is 36.8 Å². The highest BCUT2D eigenvalue weighted by Crippen LogP contribution is 2.16. The summed E-state index contributed by atoms with van der Waals surface area (Å²) in [6.45, 7) is 2.89. The van der Waals surface area contributed by atoms with E-state index in [-0.39, 0.29) is 5.91 Å². The van der Waals surface area contributed by atoms with Gasteiger partial charge in [-0.1, -0.05) is 30.3 Å². The van der Waals surface area contributed by atoms with Crippen molar-refractivity contribution in [3.63, 3.8) is 0 Å². The summed E-state index contributed by atoms with van der Waals surface area (Å²) in [6.07, 6.45) is 1.65. The van der Waals surface area contributed by atoms with Crippen molar-refractivity contribution in [3.8, 4) is 5.75 Å². The van der Waals surface area contributed by atoms with Crippen LogP contribution in [-0.2, 0) is 0 Å². The molecule has 1 aromatic heterocycles. The number of para-hydroxylation sites is 1. The Labute approximate surface area is 135 Å².